The van der Waals surface area contributed by atoms with Crippen molar-refractivity contribution < 1.29 is 14.0 Å². The van der Waals surface area contributed by atoms with Crippen LogP contribution in [-0.2, 0) is 4.74 Å². The van der Waals surface area contributed by atoms with Gasteiger partial charge in [0.2, 0.25) is 0 Å². The molecule has 0 amide bonds. The van der Waals surface area contributed by atoms with Crippen molar-refractivity contribution in [2.75, 3.05) is 38.2 Å². The first-order valence-electron chi connectivity index (χ1n) is 9.33. The minimum atomic E-state index is -0.240. The monoisotopic (exact) mass is 388 g/mol. The first kappa shape index (κ1) is 19.7. The van der Waals surface area contributed by atoms with E-state index in [0.29, 0.717) is 16.4 Å². The van der Waals surface area contributed by atoms with Gasteiger partial charge in [-0.1, -0.05) is 35.9 Å². The molecule has 2 aromatic rings. The second-order valence-electron chi connectivity index (χ2n) is 7.09. The fourth-order valence-corrected chi connectivity index (χ4v) is 3.46. The van der Waals surface area contributed by atoms with Crippen LogP contribution in [-0.4, -0.2) is 38.0 Å². The molecule has 0 unspecified atom stereocenters. The molecule has 3 N–H and O–H groups in total. The largest absolute Gasteiger partial charge is 0.370 e. The lowest BCUT2D eigenvalue weighted by Gasteiger charge is -2.29. The van der Waals surface area contributed by atoms with Crippen LogP contribution in [0.2, 0.25) is 0 Å². The molecule has 27 heavy (non-hydrogen) atoms. The number of rotatable bonds is 5. The SMILES string of the molecule is Cc1ccc([C@H](C[NH+]2CCOCC2)NC(=S)Nc2ccc(C)c(F)c2)cc1. The Labute approximate surface area is 165 Å². The standard InChI is InChI=1S/C21H26FN3OS/c1-15-3-6-17(7-4-15)20(14-25-9-11-26-12-10-25)24-21(27)23-18-8-5-16(2)19(22)13-18/h3-8,13,20H,9-12,14H2,1-2H3,(H2,23,24,27)/p+1/t20-/m0/s1. The predicted octanol–water partition coefficient (Wildman–Crippen LogP) is 2.39. The van der Waals surface area contributed by atoms with Crippen molar-refractivity contribution in [3.63, 3.8) is 0 Å². The molecule has 1 aliphatic rings. The summed E-state index contributed by atoms with van der Waals surface area (Å²) in [7, 11) is 0. The van der Waals surface area contributed by atoms with Crippen molar-refractivity contribution in [1.29, 1.82) is 0 Å². The number of quaternary nitrogens is 1. The molecule has 144 valence electrons. The molecule has 1 saturated heterocycles. The minimum absolute atomic E-state index is 0.0778. The van der Waals surface area contributed by atoms with Crippen LogP contribution in [0.4, 0.5) is 10.1 Å². The molecule has 6 heteroatoms. The van der Waals surface area contributed by atoms with Crippen LogP contribution in [0, 0.1) is 19.7 Å². The average Bonchev–Trinajstić information content (AvgIpc) is 2.66. The Bertz CT molecular complexity index is 775. The molecule has 0 bridgehead atoms. The van der Waals surface area contributed by atoms with E-state index in [1.54, 1.807) is 13.0 Å². The Morgan fingerprint density at radius 2 is 1.85 bits per heavy atom. The Morgan fingerprint density at radius 1 is 1.15 bits per heavy atom. The van der Waals surface area contributed by atoms with Crippen molar-refractivity contribution in [2.24, 2.45) is 0 Å². The van der Waals surface area contributed by atoms with Gasteiger partial charge in [0.05, 0.1) is 13.2 Å². The predicted molar refractivity (Wildman–Crippen MR) is 111 cm³/mol. The summed E-state index contributed by atoms with van der Waals surface area (Å²) in [6.07, 6.45) is 0. The molecule has 0 aromatic heterocycles. The molecular weight excluding hydrogens is 361 g/mol. The number of hydrogen-bond donors (Lipinski definition) is 3. The number of morpholine rings is 1. The third-order valence-electron chi connectivity index (χ3n) is 4.91. The van der Waals surface area contributed by atoms with Gasteiger partial charge in [-0.05, 0) is 49.3 Å². The molecule has 1 heterocycles. The van der Waals surface area contributed by atoms with Gasteiger partial charge in [-0.15, -0.1) is 0 Å². The number of thiocarbonyl (C=S) groups is 1. The average molecular weight is 389 g/mol. The highest BCUT2D eigenvalue weighted by Gasteiger charge is 2.22. The lowest BCUT2D eigenvalue weighted by molar-refractivity contribution is -0.909. The normalized spacial score (nSPS) is 16.0. The Kier molecular flexibility index (Phi) is 6.77. The smallest absolute Gasteiger partial charge is 0.171 e. The number of anilines is 1. The maximum absolute atomic E-state index is 13.8. The lowest BCUT2D eigenvalue weighted by atomic mass is 10.0. The number of halogens is 1. The molecule has 1 aliphatic heterocycles. The van der Waals surface area contributed by atoms with E-state index in [0.717, 1.165) is 32.8 Å². The van der Waals surface area contributed by atoms with Gasteiger partial charge in [-0.25, -0.2) is 4.39 Å². The van der Waals surface area contributed by atoms with Crippen LogP contribution >= 0.6 is 12.2 Å². The molecule has 4 nitrogen and oxygen atoms in total. The fourth-order valence-electron chi connectivity index (χ4n) is 3.20. The van der Waals surface area contributed by atoms with Crippen LogP contribution < -0.4 is 15.5 Å². The highest BCUT2D eigenvalue weighted by Crippen LogP contribution is 2.16. The van der Waals surface area contributed by atoms with E-state index in [-0.39, 0.29) is 11.9 Å². The van der Waals surface area contributed by atoms with Gasteiger partial charge in [0.1, 0.15) is 31.5 Å². The first-order chi connectivity index (χ1) is 13.0. The summed E-state index contributed by atoms with van der Waals surface area (Å²) in [4.78, 5) is 1.49. The molecule has 0 saturated carbocycles. The molecule has 1 fully saturated rings. The van der Waals surface area contributed by atoms with Crippen molar-refractivity contribution in [2.45, 2.75) is 19.9 Å². The summed E-state index contributed by atoms with van der Waals surface area (Å²) in [5.41, 5.74) is 3.69. The molecule has 1 atom stereocenters. The third kappa shape index (κ3) is 5.73. The highest BCUT2D eigenvalue weighted by molar-refractivity contribution is 7.80. The van der Waals surface area contributed by atoms with E-state index in [1.165, 1.54) is 22.1 Å². The second-order valence-corrected chi connectivity index (χ2v) is 7.50. The zero-order valence-electron chi connectivity index (χ0n) is 15.8. The minimum Gasteiger partial charge on any atom is -0.370 e. The van der Waals surface area contributed by atoms with Crippen LogP contribution in [0.25, 0.3) is 0 Å². The number of aryl methyl sites for hydroxylation is 2. The quantitative estimate of drug-likeness (QED) is 0.688. The molecular formula is C21H27FN3OS+. The summed E-state index contributed by atoms with van der Waals surface area (Å²) in [6.45, 7) is 8.31. The summed E-state index contributed by atoms with van der Waals surface area (Å²) in [5, 5.41) is 7.02. The summed E-state index contributed by atoms with van der Waals surface area (Å²) < 4.78 is 19.3. The second kappa shape index (κ2) is 9.26. The van der Waals surface area contributed by atoms with Crippen LogP contribution in [0.5, 0.6) is 0 Å². The van der Waals surface area contributed by atoms with Crippen molar-refractivity contribution in [3.8, 4) is 0 Å². The molecule has 0 spiro atoms. The van der Waals surface area contributed by atoms with Crippen molar-refractivity contribution in [3.05, 3.63) is 65.0 Å². The van der Waals surface area contributed by atoms with E-state index < -0.39 is 0 Å². The Hall–Kier alpha value is -2.02. The number of benzene rings is 2. The molecule has 2 aromatic carbocycles. The number of hydrogen-bond acceptors (Lipinski definition) is 2. The van der Waals surface area contributed by atoms with Gasteiger partial charge in [-0.3, -0.25) is 0 Å². The fraction of sp³-hybridized carbons (Fsp3) is 0.381. The zero-order chi connectivity index (χ0) is 19.2. The van der Waals surface area contributed by atoms with Crippen LogP contribution in [0.15, 0.2) is 42.5 Å². The van der Waals surface area contributed by atoms with E-state index in [1.807, 2.05) is 6.07 Å². The van der Waals surface area contributed by atoms with Crippen LogP contribution in [0.1, 0.15) is 22.7 Å². The Balaban J connectivity index is 1.70. The summed E-state index contributed by atoms with van der Waals surface area (Å²) in [6, 6.07) is 13.6. The van der Waals surface area contributed by atoms with Gasteiger partial charge < -0.3 is 20.3 Å². The van der Waals surface area contributed by atoms with E-state index >= 15 is 0 Å². The van der Waals surface area contributed by atoms with Gasteiger partial charge >= 0.3 is 0 Å². The van der Waals surface area contributed by atoms with E-state index in [9.17, 15) is 4.39 Å². The maximum Gasteiger partial charge on any atom is 0.171 e. The van der Waals surface area contributed by atoms with Gasteiger partial charge in [0, 0.05) is 5.69 Å². The van der Waals surface area contributed by atoms with Gasteiger partial charge in [0.25, 0.3) is 0 Å². The zero-order valence-corrected chi connectivity index (χ0v) is 16.7. The van der Waals surface area contributed by atoms with E-state index in [2.05, 4.69) is 41.8 Å². The summed E-state index contributed by atoms with van der Waals surface area (Å²) >= 11 is 5.50. The molecule has 0 radical (unpaired) electrons. The highest BCUT2D eigenvalue weighted by atomic mass is 32.1. The van der Waals surface area contributed by atoms with E-state index in [4.69, 9.17) is 17.0 Å². The molecule has 0 aliphatic carbocycles. The third-order valence-corrected chi connectivity index (χ3v) is 5.13. The van der Waals surface area contributed by atoms with Crippen molar-refractivity contribution >= 4 is 23.0 Å². The van der Waals surface area contributed by atoms with Gasteiger partial charge in [-0.2, -0.15) is 0 Å². The van der Waals surface area contributed by atoms with Crippen LogP contribution in [0.3, 0.4) is 0 Å². The first-order valence-corrected chi connectivity index (χ1v) is 9.73. The topological polar surface area (TPSA) is 37.7 Å². The number of nitrogens with one attached hydrogen (secondary N) is 3. The van der Waals surface area contributed by atoms with Crippen molar-refractivity contribution in [1.82, 2.24) is 5.32 Å². The Morgan fingerprint density at radius 3 is 2.52 bits per heavy atom. The number of ether oxygens (including phenoxy) is 1. The summed E-state index contributed by atoms with van der Waals surface area (Å²) in [5.74, 6) is -0.240. The molecule has 3 rings (SSSR count). The van der Waals surface area contributed by atoms with Gasteiger partial charge in [0.15, 0.2) is 5.11 Å². The lowest BCUT2D eigenvalue weighted by Crippen LogP contribution is -3.14. The maximum atomic E-state index is 13.8.